The number of thioether (sulfide) groups is 1. The van der Waals surface area contributed by atoms with Crippen LogP contribution in [0.15, 0.2) is 0 Å². The van der Waals surface area contributed by atoms with Crippen LogP contribution in [0, 0.1) is 0 Å². The molecule has 0 aliphatic carbocycles. The number of carboxylic acid groups (broad SMARTS) is 3. The first kappa shape index (κ1) is 28.0. The summed E-state index contributed by atoms with van der Waals surface area (Å²) in [7, 11) is 0. The Hall–Kier alpha value is 1.72. The molecule has 0 heterocycles. The minimum Gasteiger partial charge on any atom is -0.549 e. The maximum absolute atomic E-state index is 10.4. The van der Waals surface area contributed by atoms with E-state index in [2.05, 4.69) is 5.32 Å². The number of nitrogens with one attached hydrogen (secondary N) is 1. The molecule has 11 heteroatoms. The first-order valence-electron chi connectivity index (χ1n) is 3.85. The maximum atomic E-state index is 10.4. The van der Waals surface area contributed by atoms with Crippen molar-refractivity contribution >= 4 is 29.7 Å². The van der Waals surface area contributed by atoms with Gasteiger partial charge in [-0.15, -0.1) is 0 Å². The molecule has 7 nitrogen and oxygen atoms in total. The summed E-state index contributed by atoms with van der Waals surface area (Å²) < 4.78 is 0. The minimum absolute atomic E-state index is 0. The van der Waals surface area contributed by atoms with E-state index in [1.54, 1.807) is 0 Å². The number of hydrogen-bond acceptors (Lipinski definition) is 8. The molecular formula is C7H8NNa3O6S. The molecule has 0 fully saturated rings. The van der Waals surface area contributed by atoms with Crippen LogP contribution in [0.4, 0.5) is 0 Å². The predicted octanol–water partition coefficient (Wildman–Crippen LogP) is -14.1. The first-order valence-corrected chi connectivity index (χ1v) is 5.00. The third-order valence-electron chi connectivity index (χ3n) is 1.28. The van der Waals surface area contributed by atoms with E-state index in [9.17, 15) is 29.7 Å². The van der Waals surface area contributed by atoms with Crippen LogP contribution in [0.25, 0.3) is 0 Å². The van der Waals surface area contributed by atoms with E-state index in [0.717, 1.165) is 11.8 Å². The van der Waals surface area contributed by atoms with E-state index in [4.69, 9.17) is 0 Å². The number of carboxylic acids is 3. The molecule has 0 amide bonds. The minimum atomic E-state index is -1.50. The van der Waals surface area contributed by atoms with Crippen molar-refractivity contribution in [2.24, 2.45) is 0 Å². The third kappa shape index (κ3) is 17.7. The Morgan fingerprint density at radius 3 is 1.83 bits per heavy atom. The van der Waals surface area contributed by atoms with Crippen molar-refractivity contribution in [3.8, 4) is 0 Å². The SMILES string of the molecule is O=C([O-])CNC(CSCC(=O)[O-])C(=O)[O-].[Na+].[Na+].[Na+]. The van der Waals surface area contributed by atoms with Crippen molar-refractivity contribution < 1.29 is 118 Å². The second-order valence-electron chi connectivity index (χ2n) is 2.51. The van der Waals surface area contributed by atoms with E-state index < -0.39 is 30.5 Å². The largest absolute Gasteiger partial charge is 1.00 e. The molecule has 0 spiro atoms. The standard InChI is InChI=1S/C7H11NO6S.3Na/c9-5(10)1-8-4(7(13)14)2-15-3-6(11)12;;;/h4,8H,1-3H2,(H,9,10)(H,11,12)(H,13,14);;;/q;3*+1/p-3. The number of aliphatic carboxylic acids is 3. The number of carbonyl (C=O) groups is 3. The monoisotopic (exact) mass is 303 g/mol. The fourth-order valence-corrected chi connectivity index (χ4v) is 1.45. The summed E-state index contributed by atoms with van der Waals surface area (Å²) in [6.45, 7) is -0.634. The molecule has 0 aromatic carbocycles. The number of rotatable bonds is 8. The molecule has 0 aromatic rings. The third-order valence-corrected chi connectivity index (χ3v) is 2.29. The van der Waals surface area contributed by atoms with Gasteiger partial charge in [0.25, 0.3) is 0 Å². The van der Waals surface area contributed by atoms with Crippen LogP contribution >= 0.6 is 11.8 Å². The van der Waals surface area contributed by atoms with Gasteiger partial charge < -0.3 is 35.0 Å². The van der Waals surface area contributed by atoms with Crippen molar-refractivity contribution in [2.45, 2.75) is 6.04 Å². The number of carbonyl (C=O) groups excluding carboxylic acids is 3. The zero-order valence-electron chi connectivity index (χ0n) is 10.6. The van der Waals surface area contributed by atoms with Gasteiger partial charge in [0.2, 0.25) is 0 Å². The molecule has 0 aliphatic rings. The number of hydrogen-bond donors (Lipinski definition) is 1. The van der Waals surface area contributed by atoms with Crippen molar-refractivity contribution in [3.63, 3.8) is 0 Å². The molecule has 18 heavy (non-hydrogen) atoms. The van der Waals surface area contributed by atoms with Crippen LogP contribution in [0.1, 0.15) is 0 Å². The molecule has 0 aromatic heterocycles. The van der Waals surface area contributed by atoms with Crippen molar-refractivity contribution in [3.05, 3.63) is 0 Å². The first-order chi connectivity index (χ1) is 6.93. The molecule has 1 unspecified atom stereocenters. The van der Waals surface area contributed by atoms with Crippen LogP contribution in [0.2, 0.25) is 0 Å². The zero-order valence-corrected chi connectivity index (χ0v) is 17.4. The Morgan fingerprint density at radius 1 is 1.00 bits per heavy atom. The van der Waals surface area contributed by atoms with Crippen LogP contribution in [0.5, 0.6) is 0 Å². The average Bonchev–Trinajstić information content (AvgIpc) is 2.09. The summed E-state index contributed by atoms with van der Waals surface area (Å²) in [6.07, 6.45) is 0. The molecule has 0 aliphatic heterocycles. The fourth-order valence-electron chi connectivity index (χ4n) is 0.677. The van der Waals surface area contributed by atoms with Crippen LogP contribution in [-0.4, -0.2) is 42.0 Å². The summed E-state index contributed by atoms with van der Waals surface area (Å²) in [4.78, 5) is 30.4. The molecule has 1 N–H and O–H groups in total. The van der Waals surface area contributed by atoms with Gasteiger partial charge in [-0.25, -0.2) is 0 Å². The normalized spacial score (nSPS) is 10.0. The van der Waals surface area contributed by atoms with Gasteiger partial charge in [-0.1, -0.05) is 0 Å². The quantitative estimate of drug-likeness (QED) is 0.437. The van der Waals surface area contributed by atoms with E-state index >= 15 is 0 Å². The Balaban J connectivity index is -0.000000327. The van der Waals surface area contributed by atoms with Crippen molar-refractivity contribution in [2.75, 3.05) is 18.1 Å². The van der Waals surface area contributed by atoms with E-state index in [1.807, 2.05) is 0 Å². The molecule has 86 valence electrons. The molecule has 1 atom stereocenters. The van der Waals surface area contributed by atoms with E-state index in [1.165, 1.54) is 0 Å². The summed E-state index contributed by atoms with van der Waals surface area (Å²) in [5, 5.41) is 32.6. The molecule has 0 rings (SSSR count). The topological polar surface area (TPSA) is 132 Å². The van der Waals surface area contributed by atoms with Gasteiger partial charge in [0.05, 0.1) is 23.9 Å². The second kappa shape index (κ2) is 16.8. The Morgan fingerprint density at radius 2 is 1.50 bits per heavy atom. The zero-order chi connectivity index (χ0) is 11.8. The van der Waals surface area contributed by atoms with Crippen molar-refractivity contribution in [1.29, 1.82) is 0 Å². The Bertz CT molecular complexity index is 268. The average molecular weight is 303 g/mol. The smallest absolute Gasteiger partial charge is 0.549 e. The molecule has 0 radical (unpaired) electrons. The summed E-state index contributed by atoms with van der Waals surface area (Å²) in [5.74, 6) is -4.76. The van der Waals surface area contributed by atoms with Gasteiger partial charge >= 0.3 is 88.7 Å². The van der Waals surface area contributed by atoms with Crippen molar-refractivity contribution in [1.82, 2.24) is 5.32 Å². The fraction of sp³-hybridized carbons (Fsp3) is 0.571. The van der Waals surface area contributed by atoms with Crippen LogP contribution in [0.3, 0.4) is 0 Å². The van der Waals surface area contributed by atoms with E-state index in [-0.39, 0.29) is 100 Å². The van der Waals surface area contributed by atoms with Gasteiger partial charge in [0.15, 0.2) is 0 Å². The maximum Gasteiger partial charge on any atom is 1.00 e. The Labute approximate surface area is 175 Å². The van der Waals surface area contributed by atoms with Crippen LogP contribution < -0.4 is 109 Å². The summed E-state index contributed by atoms with van der Waals surface area (Å²) >= 11 is 0.791. The van der Waals surface area contributed by atoms with Gasteiger partial charge in [-0.2, -0.15) is 11.8 Å². The molecular weight excluding hydrogens is 295 g/mol. The van der Waals surface area contributed by atoms with Gasteiger partial charge in [-0.05, 0) is 0 Å². The molecule has 0 bridgehead atoms. The predicted molar refractivity (Wildman–Crippen MR) is 44.1 cm³/mol. The summed E-state index contributed by atoms with van der Waals surface area (Å²) in [6, 6.07) is -1.23. The second-order valence-corrected chi connectivity index (χ2v) is 3.54. The van der Waals surface area contributed by atoms with Crippen LogP contribution in [-0.2, 0) is 14.4 Å². The summed E-state index contributed by atoms with van der Waals surface area (Å²) in [5.41, 5.74) is 0. The van der Waals surface area contributed by atoms with Gasteiger partial charge in [-0.3, -0.25) is 0 Å². The van der Waals surface area contributed by atoms with Gasteiger partial charge in [0.1, 0.15) is 0 Å². The molecule has 0 saturated heterocycles. The van der Waals surface area contributed by atoms with Gasteiger partial charge in [0, 0.05) is 18.1 Å². The molecule has 0 saturated carbocycles. The van der Waals surface area contributed by atoms with E-state index in [0.29, 0.717) is 0 Å². The Kier molecular flexibility index (Phi) is 26.1.